The van der Waals surface area contributed by atoms with Crippen molar-refractivity contribution < 1.29 is 14.0 Å². The molecular weight excluding hydrogens is 298 g/mol. The molecule has 0 aromatic heterocycles. The lowest BCUT2D eigenvalue weighted by atomic mass is 10.1. The Morgan fingerprint density at radius 3 is 2.21 bits per heavy atom. The molecule has 0 aliphatic heterocycles. The van der Waals surface area contributed by atoms with Gasteiger partial charge in [-0.25, -0.2) is 0 Å². The second-order valence-corrected chi connectivity index (χ2v) is 7.89. The molecule has 0 aromatic rings. The van der Waals surface area contributed by atoms with E-state index in [4.69, 9.17) is 4.74 Å². The molecule has 0 unspecified atom stereocenters. The van der Waals surface area contributed by atoms with Gasteiger partial charge in [0.15, 0.2) is 5.78 Å². The van der Waals surface area contributed by atoms with Crippen LogP contribution in [0.25, 0.3) is 0 Å². The highest BCUT2D eigenvalue weighted by Crippen LogP contribution is 2.07. The summed E-state index contributed by atoms with van der Waals surface area (Å²) in [4.78, 5) is 11.7. The molecule has 0 fully saturated rings. The maximum atomic E-state index is 11.7. The number of ether oxygens (including phenoxy) is 1. The van der Waals surface area contributed by atoms with Crippen LogP contribution in [0.15, 0.2) is 12.2 Å². The largest absolute Gasteiger partial charge is 0.377 e. The zero-order valence-electron chi connectivity index (χ0n) is 16.8. The molecule has 3 nitrogen and oxygen atoms in total. The van der Waals surface area contributed by atoms with Crippen LogP contribution in [0.4, 0.5) is 0 Å². The lowest BCUT2D eigenvalue weighted by Crippen LogP contribution is -2.35. The van der Waals surface area contributed by atoms with Crippen molar-refractivity contribution in [3.05, 3.63) is 12.2 Å². The highest BCUT2D eigenvalue weighted by Gasteiger charge is 2.05. The normalized spacial score (nSPS) is 12.2. The molecule has 0 heterocycles. The van der Waals surface area contributed by atoms with Crippen molar-refractivity contribution in [3.63, 3.8) is 0 Å². The first-order valence-electron chi connectivity index (χ1n) is 10.0. The van der Waals surface area contributed by atoms with Crippen LogP contribution in [0.2, 0.25) is 0 Å². The number of ketones is 1. The average Bonchev–Trinajstić information content (AvgIpc) is 2.51. The molecule has 0 N–H and O–H groups in total. The summed E-state index contributed by atoms with van der Waals surface area (Å²) in [5.41, 5.74) is 0. The zero-order chi connectivity index (χ0) is 18.1. The predicted molar refractivity (Wildman–Crippen MR) is 104 cm³/mol. The first kappa shape index (κ1) is 23.3. The van der Waals surface area contributed by atoms with E-state index in [0.717, 1.165) is 30.4 Å². The molecule has 0 aromatic carbocycles. The van der Waals surface area contributed by atoms with E-state index >= 15 is 0 Å². The van der Waals surface area contributed by atoms with E-state index in [-0.39, 0.29) is 5.78 Å². The van der Waals surface area contributed by atoms with Crippen molar-refractivity contribution in [3.8, 4) is 0 Å². The fourth-order valence-electron chi connectivity index (χ4n) is 2.64. The van der Waals surface area contributed by atoms with Crippen LogP contribution in [-0.2, 0) is 9.53 Å². The van der Waals surface area contributed by atoms with Gasteiger partial charge in [0.25, 0.3) is 0 Å². The van der Waals surface area contributed by atoms with Crippen LogP contribution in [0, 0.1) is 0 Å². The van der Waals surface area contributed by atoms with Crippen LogP contribution >= 0.6 is 0 Å². The van der Waals surface area contributed by atoms with E-state index in [0.29, 0.717) is 13.0 Å². The predicted octanol–water partition coefficient (Wildman–Crippen LogP) is 5.15. The van der Waals surface area contributed by atoms with E-state index in [2.05, 4.69) is 28.1 Å². The van der Waals surface area contributed by atoms with Crippen molar-refractivity contribution in [2.45, 2.75) is 77.6 Å². The van der Waals surface area contributed by atoms with Gasteiger partial charge in [-0.15, -0.1) is 0 Å². The van der Waals surface area contributed by atoms with Gasteiger partial charge in [0.05, 0.1) is 34.3 Å². The van der Waals surface area contributed by atoms with E-state index in [1.165, 1.54) is 51.5 Å². The molecule has 0 bridgehead atoms. The molecule has 0 atom stereocenters. The molecule has 0 radical (unpaired) electrons. The van der Waals surface area contributed by atoms with Crippen molar-refractivity contribution in [2.24, 2.45) is 0 Å². The van der Waals surface area contributed by atoms with Crippen molar-refractivity contribution in [1.82, 2.24) is 0 Å². The number of rotatable bonds is 17. The first-order chi connectivity index (χ1) is 11.5. The molecule has 0 rings (SSSR count). The Hall–Kier alpha value is -0.670. The van der Waals surface area contributed by atoms with Gasteiger partial charge in [-0.05, 0) is 31.8 Å². The van der Waals surface area contributed by atoms with Gasteiger partial charge in [0, 0.05) is 13.0 Å². The maximum Gasteiger partial charge on any atom is 0.155 e. The van der Waals surface area contributed by atoms with Gasteiger partial charge < -0.3 is 9.22 Å². The number of unbranched alkanes of at least 4 members (excludes halogenated alkanes) is 8. The second-order valence-electron chi connectivity index (χ2n) is 7.89. The van der Waals surface area contributed by atoms with Gasteiger partial charge in [-0.2, -0.15) is 0 Å². The van der Waals surface area contributed by atoms with Gasteiger partial charge in [0.1, 0.15) is 0 Å². The maximum absolute atomic E-state index is 11.7. The first-order valence-corrected chi connectivity index (χ1v) is 10.0. The molecule has 0 aliphatic carbocycles. The highest BCUT2D eigenvalue weighted by molar-refractivity contribution is 5.89. The van der Waals surface area contributed by atoms with Crippen molar-refractivity contribution >= 4 is 5.78 Å². The number of allylic oxidation sites excluding steroid dienone is 1. The third-order valence-electron chi connectivity index (χ3n) is 4.16. The molecule has 142 valence electrons. The van der Waals surface area contributed by atoms with E-state index in [1.54, 1.807) is 6.08 Å². The molecule has 0 spiro atoms. The zero-order valence-corrected chi connectivity index (χ0v) is 16.8. The summed E-state index contributed by atoms with van der Waals surface area (Å²) in [6.07, 6.45) is 16.6. The Morgan fingerprint density at radius 1 is 0.875 bits per heavy atom. The molecule has 0 saturated carbocycles. The monoisotopic (exact) mass is 340 g/mol. The third kappa shape index (κ3) is 19.4. The van der Waals surface area contributed by atoms with Gasteiger partial charge >= 0.3 is 0 Å². The third-order valence-corrected chi connectivity index (χ3v) is 4.16. The van der Waals surface area contributed by atoms with Crippen molar-refractivity contribution in [1.29, 1.82) is 0 Å². The van der Waals surface area contributed by atoms with Crippen LogP contribution in [0.1, 0.15) is 77.6 Å². The molecule has 3 heteroatoms. The quantitative estimate of drug-likeness (QED) is 0.208. The lowest BCUT2D eigenvalue weighted by Gasteiger charge is -2.23. The number of carbonyl (C=O) groups is 1. The van der Waals surface area contributed by atoms with E-state index in [9.17, 15) is 4.79 Å². The van der Waals surface area contributed by atoms with Gasteiger partial charge in [0.2, 0.25) is 0 Å². The van der Waals surface area contributed by atoms with Gasteiger partial charge in [-0.3, -0.25) is 4.79 Å². The Morgan fingerprint density at radius 2 is 1.50 bits per heavy atom. The summed E-state index contributed by atoms with van der Waals surface area (Å²) in [6, 6.07) is 0. The Kier molecular flexibility index (Phi) is 15.4. The number of carbonyl (C=O) groups excluding carboxylic acids is 1. The minimum atomic E-state index is 0.241. The molecule has 0 saturated heterocycles. The molecule has 0 amide bonds. The number of hydrogen-bond acceptors (Lipinski definition) is 2. The number of quaternary nitrogens is 1. The highest BCUT2D eigenvalue weighted by atomic mass is 16.5. The summed E-state index contributed by atoms with van der Waals surface area (Å²) >= 11 is 0. The Balaban J connectivity index is 3.34. The van der Waals surface area contributed by atoms with Gasteiger partial charge in [-0.1, -0.05) is 51.5 Å². The van der Waals surface area contributed by atoms with E-state index < -0.39 is 0 Å². The second kappa shape index (κ2) is 15.8. The standard InChI is InChI=1S/C21H42NO2/c1-5-6-7-8-11-14-19-24-20-15-17-21(23)16-12-9-10-13-18-22(2,3)4/h15,17H,5-14,16,18-20H2,1-4H3/q+1/b17-15+. The summed E-state index contributed by atoms with van der Waals surface area (Å²) < 4.78 is 6.57. The summed E-state index contributed by atoms with van der Waals surface area (Å²) in [5.74, 6) is 0.241. The minimum absolute atomic E-state index is 0.241. The Labute approximate surface area is 151 Å². The fraction of sp³-hybridized carbons (Fsp3) is 0.857. The molecule has 24 heavy (non-hydrogen) atoms. The Bertz CT molecular complexity index is 318. The lowest BCUT2D eigenvalue weighted by molar-refractivity contribution is -0.870. The smallest absolute Gasteiger partial charge is 0.155 e. The fourth-order valence-corrected chi connectivity index (χ4v) is 2.64. The minimum Gasteiger partial charge on any atom is -0.377 e. The SMILES string of the molecule is CCCCCCCCOC/C=C/C(=O)CCCCCC[N+](C)(C)C. The van der Waals surface area contributed by atoms with Crippen LogP contribution in [0.3, 0.4) is 0 Å². The molecule has 0 aliphatic rings. The van der Waals surface area contributed by atoms with E-state index in [1.807, 2.05) is 6.08 Å². The molecular formula is C21H42NO2+. The average molecular weight is 341 g/mol. The summed E-state index contributed by atoms with van der Waals surface area (Å²) in [5, 5.41) is 0. The number of hydrogen-bond donors (Lipinski definition) is 0. The topological polar surface area (TPSA) is 26.3 Å². The van der Waals surface area contributed by atoms with Crippen LogP contribution in [-0.4, -0.2) is 51.2 Å². The van der Waals surface area contributed by atoms with Crippen LogP contribution < -0.4 is 0 Å². The summed E-state index contributed by atoms with van der Waals surface area (Å²) in [7, 11) is 6.68. The van der Waals surface area contributed by atoms with Crippen molar-refractivity contribution in [2.75, 3.05) is 40.9 Å². The summed E-state index contributed by atoms with van der Waals surface area (Å²) in [6.45, 7) is 4.84. The van der Waals surface area contributed by atoms with Crippen LogP contribution in [0.5, 0.6) is 0 Å². The number of nitrogens with zero attached hydrogens (tertiary/aromatic N) is 1.